The second-order valence-electron chi connectivity index (χ2n) is 13.9. The Balaban J connectivity index is 4.64. The monoisotopic (exact) mass is 871 g/mol. The number of carbonyl (C=O) groups is 3. The van der Waals surface area contributed by atoms with E-state index in [1.807, 2.05) is 42.5 Å². The number of carboxylic acids is 1. The highest BCUT2D eigenvalue weighted by molar-refractivity contribution is 7.47. The molecule has 0 aromatic carbocycles. The molecule has 0 saturated carbocycles. The van der Waals surface area contributed by atoms with Crippen molar-refractivity contribution in [2.24, 2.45) is 5.73 Å². The molecule has 0 spiro atoms. The lowest BCUT2D eigenvalue weighted by molar-refractivity contribution is -0.161. The number of phosphoric ester groups is 1. The summed E-state index contributed by atoms with van der Waals surface area (Å²) in [5.74, 6) is -2.61. The van der Waals surface area contributed by atoms with Crippen LogP contribution in [0, 0.1) is 0 Å². The molecular weight excluding hydrogens is 797 g/mol. The zero-order valence-corrected chi connectivity index (χ0v) is 37.4. The van der Waals surface area contributed by atoms with Gasteiger partial charge < -0.3 is 30.3 Å². The maximum atomic E-state index is 12.6. The summed E-state index contributed by atoms with van der Waals surface area (Å²) in [6.45, 7) is 2.36. The molecule has 342 valence electrons. The number of nitrogens with two attached hydrogens (primary N) is 1. The van der Waals surface area contributed by atoms with Crippen LogP contribution in [-0.2, 0) is 37.5 Å². The number of carboxylic acid groups (broad SMARTS) is 1. The van der Waals surface area contributed by atoms with Gasteiger partial charge in [0.05, 0.1) is 19.3 Å². The molecule has 61 heavy (non-hydrogen) atoms. The number of esters is 2. The van der Waals surface area contributed by atoms with Crippen LogP contribution < -0.4 is 5.73 Å². The SMILES string of the molecule is CC/C=C\C/C=C\C/C=C\C/C=C\C/C=C\C/C=C\CCC(=O)O[C@H](COC(=O)CCC/C=C\C/C=C\C/C=C\C/C=C\[C@@H](O)CCCC)COP(=O)(O)OC[C@H](N)C(=O)O. The molecule has 0 radical (unpaired) electrons. The summed E-state index contributed by atoms with van der Waals surface area (Å²) in [4.78, 5) is 45.9. The Labute approximate surface area is 365 Å². The van der Waals surface area contributed by atoms with Crippen LogP contribution in [0.4, 0.5) is 0 Å². The van der Waals surface area contributed by atoms with Crippen LogP contribution in [0.5, 0.6) is 0 Å². The van der Waals surface area contributed by atoms with Gasteiger partial charge in [-0.2, -0.15) is 0 Å². The van der Waals surface area contributed by atoms with Crippen molar-refractivity contribution >= 4 is 25.7 Å². The first-order valence-electron chi connectivity index (χ1n) is 21.7. The summed E-state index contributed by atoms with van der Waals surface area (Å²) >= 11 is 0. The number of unbranched alkanes of at least 4 members (excludes halogenated alkanes) is 2. The van der Waals surface area contributed by atoms with E-state index in [-0.39, 0.29) is 18.9 Å². The Morgan fingerprint density at radius 3 is 1.54 bits per heavy atom. The van der Waals surface area contributed by atoms with Gasteiger partial charge in [0.15, 0.2) is 6.10 Å². The quantitative estimate of drug-likeness (QED) is 0.0199. The summed E-state index contributed by atoms with van der Waals surface area (Å²) < 4.78 is 32.5. The van der Waals surface area contributed by atoms with Crippen molar-refractivity contribution in [3.05, 3.63) is 122 Å². The van der Waals surface area contributed by atoms with E-state index in [1.165, 1.54) is 0 Å². The van der Waals surface area contributed by atoms with Gasteiger partial charge in [0.25, 0.3) is 0 Å². The van der Waals surface area contributed by atoms with Gasteiger partial charge in [-0.25, -0.2) is 4.57 Å². The lowest BCUT2D eigenvalue weighted by atomic mass is 10.1. The molecule has 1 unspecified atom stereocenters. The normalized spacial score (nSPS) is 15.4. The summed E-state index contributed by atoms with van der Waals surface area (Å²) in [5, 5.41) is 18.7. The highest BCUT2D eigenvalue weighted by Crippen LogP contribution is 2.43. The van der Waals surface area contributed by atoms with Gasteiger partial charge in [0.1, 0.15) is 12.6 Å². The number of rotatable bonds is 38. The third-order valence-electron chi connectivity index (χ3n) is 8.28. The lowest BCUT2D eigenvalue weighted by Crippen LogP contribution is -2.34. The highest BCUT2D eigenvalue weighted by Gasteiger charge is 2.28. The van der Waals surface area contributed by atoms with E-state index in [2.05, 4.69) is 97.4 Å². The van der Waals surface area contributed by atoms with Crippen LogP contribution in [0.15, 0.2) is 122 Å². The molecule has 0 aliphatic heterocycles. The van der Waals surface area contributed by atoms with E-state index in [9.17, 15) is 28.9 Å². The van der Waals surface area contributed by atoms with E-state index >= 15 is 0 Å². The molecule has 0 heterocycles. The zero-order valence-electron chi connectivity index (χ0n) is 36.6. The Kier molecular flexibility index (Phi) is 38.4. The Morgan fingerprint density at radius 2 is 1.05 bits per heavy atom. The highest BCUT2D eigenvalue weighted by atomic mass is 31.2. The summed E-state index contributed by atoms with van der Waals surface area (Å²) in [6.07, 6.45) is 51.9. The maximum Gasteiger partial charge on any atom is 0.472 e. The number of allylic oxidation sites excluding steroid dienone is 19. The molecule has 0 aromatic heterocycles. The topological polar surface area (TPSA) is 192 Å². The Bertz CT molecular complexity index is 1510. The molecule has 0 aliphatic carbocycles. The lowest BCUT2D eigenvalue weighted by Gasteiger charge is -2.20. The number of aliphatic hydroxyl groups excluding tert-OH is 1. The standard InChI is InChI=1S/C48H74NO11P/c1-3-5-7-8-9-10-11-12-13-14-15-16-17-18-23-26-29-32-35-39-47(52)60-44(41-58-61(55,56)59-42-45(49)48(53)54)40-57-46(51)38-34-31-28-25-22-20-19-21-24-27-30-33-37-43(50)36-6-4-2/h5,7,9-10,12-13,15-16,18-20,23-25,27-29,32-33,37,43-45,50H,3-4,6,8,11,14,17,21-22,26,30-31,34-36,38-42,49H2,1-2H3,(H,53,54)(H,55,56)/b7-5-,10-9-,13-12-,16-15-,20-19-,23-18-,27-24-,28-25-,32-29-,37-33-/t43-,44+,45-/m0/s1. The average molecular weight is 872 g/mol. The fraction of sp³-hybridized carbons (Fsp3) is 0.521. The molecule has 5 N–H and O–H groups in total. The van der Waals surface area contributed by atoms with Crippen molar-refractivity contribution in [1.29, 1.82) is 0 Å². The van der Waals surface area contributed by atoms with Crippen LogP contribution >= 0.6 is 7.82 Å². The molecule has 0 saturated heterocycles. The summed E-state index contributed by atoms with van der Waals surface area (Å²) in [6, 6.07) is -1.55. The third kappa shape index (κ3) is 41.0. The van der Waals surface area contributed by atoms with Gasteiger partial charge in [-0.1, -0.05) is 148 Å². The van der Waals surface area contributed by atoms with Gasteiger partial charge in [0.2, 0.25) is 0 Å². The number of aliphatic carboxylic acids is 1. The van der Waals surface area contributed by atoms with Crippen molar-refractivity contribution < 1.29 is 52.6 Å². The summed E-state index contributed by atoms with van der Waals surface area (Å²) in [7, 11) is -4.77. The maximum absolute atomic E-state index is 12.6. The number of aliphatic hydroxyl groups is 1. The molecule has 0 fully saturated rings. The van der Waals surface area contributed by atoms with E-state index in [0.717, 1.165) is 70.6 Å². The van der Waals surface area contributed by atoms with E-state index in [4.69, 9.17) is 24.8 Å². The van der Waals surface area contributed by atoms with E-state index in [0.29, 0.717) is 25.7 Å². The molecule has 0 bridgehead atoms. The van der Waals surface area contributed by atoms with Gasteiger partial charge in [-0.3, -0.25) is 23.4 Å². The van der Waals surface area contributed by atoms with Gasteiger partial charge in [0, 0.05) is 12.8 Å². The zero-order chi connectivity index (χ0) is 45.1. The van der Waals surface area contributed by atoms with E-state index in [1.54, 1.807) is 0 Å². The minimum absolute atomic E-state index is 0.00815. The molecule has 4 atom stereocenters. The second-order valence-corrected chi connectivity index (χ2v) is 15.4. The smallest absolute Gasteiger partial charge is 0.472 e. The predicted octanol–water partition coefficient (Wildman–Crippen LogP) is 10.6. The van der Waals surface area contributed by atoms with Crippen LogP contribution in [0.3, 0.4) is 0 Å². The number of ether oxygens (including phenoxy) is 2. The predicted molar refractivity (Wildman–Crippen MR) is 245 cm³/mol. The van der Waals surface area contributed by atoms with Crippen LogP contribution in [0.1, 0.15) is 123 Å². The Hall–Kier alpha value is -4.16. The number of carbonyl (C=O) groups excluding carboxylic acids is 2. The van der Waals surface area contributed by atoms with Gasteiger partial charge in [-0.05, 0) is 83.5 Å². The largest absolute Gasteiger partial charge is 0.480 e. The number of phosphoric acid groups is 1. The van der Waals surface area contributed by atoms with Crippen molar-refractivity contribution in [3.8, 4) is 0 Å². The van der Waals surface area contributed by atoms with Gasteiger partial charge >= 0.3 is 25.7 Å². The minimum Gasteiger partial charge on any atom is -0.480 e. The first-order chi connectivity index (χ1) is 29.5. The van der Waals surface area contributed by atoms with Crippen LogP contribution in [0.25, 0.3) is 0 Å². The number of hydrogen-bond donors (Lipinski definition) is 4. The molecule has 12 nitrogen and oxygen atoms in total. The fourth-order valence-corrected chi connectivity index (χ4v) is 5.64. The molecule has 0 amide bonds. The van der Waals surface area contributed by atoms with Crippen molar-refractivity contribution in [1.82, 2.24) is 0 Å². The van der Waals surface area contributed by atoms with Crippen molar-refractivity contribution in [3.63, 3.8) is 0 Å². The number of hydrogen-bond acceptors (Lipinski definition) is 10. The second kappa shape index (κ2) is 41.2. The minimum atomic E-state index is -4.77. The van der Waals surface area contributed by atoms with Crippen molar-refractivity contribution in [2.75, 3.05) is 19.8 Å². The first kappa shape index (κ1) is 56.8. The molecule has 0 rings (SSSR count). The summed E-state index contributed by atoms with van der Waals surface area (Å²) in [5.41, 5.74) is 5.32. The van der Waals surface area contributed by atoms with Crippen LogP contribution in [-0.4, -0.2) is 71.1 Å². The van der Waals surface area contributed by atoms with E-state index < -0.39 is 57.7 Å². The van der Waals surface area contributed by atoms with Gasteiger partial charge in [-0.15, -0.1) is 0 Å². The Morgan fingerprint density at radius 1 is 0.590 bits per heavy atom. The van der Waals surface area contributed by atoms with Crippen LogP contribution in [0.2, 0.25) is 0 Å². The fourth-order valence-electron chi connectivity index (χ4n) is 4.86. The average Bonchev–Trinajstić information content (AvgIpc) is 3.23. The third-order valence-corrected chi connectivity index (χ3v) is 9.23. The molecule has 0 aliphatic rings. The van der Waals surface area contributed by atoms with Crippen molar-refractivity contribution in [2.45, 2.75) is 141 Å². The molecule has 0 aromatic rings. The first-order valence-corrected chi connectivity index (χ1v) is 23.1. The molecular formula is C48H74NO11P. The molecule has 13 heteroatoms.